The largest absolute Gasteiger partial charge is 0.264 e. The van der Waals surface area contributed by atoms with E-state index in [1.54, 1.807) is 29.7 Å². The Morgan fingerprint density at radius 3 is 3.11 bits per heavy atom. The molecule has 0 N–H and O–H groups in total. The molecule has 4 heterocycles. The lowest BCUT2D eigenvalue weighted by Crippen LogP contribution is -2.30. The van der Waals surface area contributed by atoms with Crippen LogP contribution in [-0.2, 0) is 0 Å². The molecule has 1 atom stereocenters. The van der Waals surface area contributed by atoms with Gasteiger partial charge in [-0.3, -0.25) is 9.99 Å². The molecule has 1 unspecified atom stereocenters. The maximum atomic E-state index is 4.20. The number of pyridine rings is 1. The molecular weight excluding hydrogens is 266 g/mol. The molecule has 7 heteroatoms. The zero-order valence-electron chi connectivity index (χ0n) is 9.52. The molecule has 90 valence electrons. The van der Waals surface area contributed by atoms with Crippen LogP contribution < -0.4 is 5.01 Å². The maximum Gasteiger partial charge on any atom is 0.216 e. The van der Waals surface area contributed by atoms with Crippen molar-refractivity contribution in [2.24, 2.45) is 0 Å². The third kappa shape index (κ3) is 1.34. The molecule has 0 aliphatic carbocycles. The third-order valence-corrected chi connectivity index (χ3v) is 5.08. The lowest BCUT2D eigenvalue weighted by atomic mass is 10.3. The normalized spacial score (nSPS) is 20.8. The van der Waals surface area contributed by atoms with Gasteiger partial charge in [-0.1, -0.05) is 17.8 Å². The highest BCUT2D eigenvalue weighted by molar-refractivity contribution is 8.07. The van der Waals surface area contributed by atoms with E-state index in [1.807, 2.05) is 19.2 Å². The highest BCUT2D eigenvalue weighted by Crippen LogP contribution is 2.50. The van der Waals surface area contributed by atoms with Gasteiger partial charge in [0.15, 0.2) is 5.82 Å². The van der Waals surface area contributed by atoms with Crippen molar-refractivity contribution in [1.29, 1.82) is 0 Å². The molecule has 2 aromatic heterocycles. The second-order valence-electron chi connectivity index (χ2n) is 4.02. The van der Waals surface area contributed by atoms with Crippen molar-refractivity contribution in [2.75, 3.05) is 5.01 Å². The Labute approximate surface area is 112 Å². The van der Waals surface area contributed by atoms with Crippen LogP contribution >= 0.6 is 23.5 Å². The third-order valence-electron chi connectivity index (χ3n) is 2.89. The minimum Gasteiger partial charge on any atom is -0.264 e. The van der Waals surface area contributed by atoms with E-state index in [2.05, 4.69) is 36.3 Å². The van der Waals surface area contributed by atoms with E-state index in [0.29, 0.717) is 0 Å². The quantitative estimate of drug-likeness (QED) is 0.795. The lowest BCUT2D eigenvalue weighted by molar-refractivity contribution is 0.617. The van der Waals surface area contributed by atoms with Gasteiger partial charge in [0, 0.05) is 23.4 Å². The molecule has 0 aromatic carbocycles. The molecule has 2 aliphatic rings. The Balaban J connectivity index is 1.81. The van der Waals surface area contributed by atoms with E-state index < -0.39 is 0 Å². The number of thioether (sulfide) groups is 2. The van der Waals surface area contributed by atoms with Crippen LogP contribution in [0.5, 0.6) is 0 Å². The first kappa shape index (κ1) is 10.5. The summed E-state index contributed by atoms with van der Waals surface area (Å²) < 4.78 is 2.08. The Bertz CT molecular complexity index is 636. The van der Waals surface area contributed by atoms with Gasteiger partial charge in [-0.2, -0.15) is 0 Å². The van der Waals surface area contributed by atoms with Crippen LogP contribution in [0.4, 0.5) is 0 Å². The zero-order valence-corrected chi connectivity index (χ0v) is 11.1. The number of hydrogen-bond donors (Lipinski definition) is 0. The minimum atomic E-state index is 0.220. The number of rotatable bonds is 1. The number of nitrogens with zero attached hydrogens (tertiary/aromatic N) is 5. The lowest BCUT2D eigenvalue weighted by Gasteiger charge is -2.24. The summed E-state index contributed by atoms with van der Waals surface area (Å²) in [7, 11) is 0. The standard InChI is InChI=1S/C11H9N5S2/c1-7-13-14-11-15(7)16-9(18-11)6-17-10(16)8-3-2-4-12-5-8/h2-6,10H,1H3. The molecular formula is C11H9N5S2. The number of aromatic nitrogens is 4. The molecule has 0 spiro atoms. The van der Waals surface area contributed by atoms with Gasteiger partial charge in [-0.05, 0) is 24.8 Å². The SMILES string of the molecule is Cc1nnc2n1N1C(=CSC1c1cccnc1)S2. The summed E-state index contributed by atoms with van der Waals surface area (Å²) >= 11 is 3.45. The van der Waals surface area contributed by atoms with Crippen LogP contribution in [0, 0.1) is 6.92 Å². The molecule has 0 fully saturated rings. The molecule has 0 bridgehead atoms. The smallest absolute Gasteiger partial charge is 0.216 e. The first-order valence-corrected chi connectivity index (χ1v) is 7.25. The zero-order chi connectivity index (χ0) is 12.1. The van der Waals surface area contributed by atoms with Crippen LogP contribution in [-0.4, -0.2) is 19.9 Å². The summed E-state index contributed by atoms with van der Waals surface area (Å²) in [5.74, 6) is 0.914. The fourth-order valence-corrected chi connectivity index (χ4v) is 4.36. The van der Waals surface area contributed by atoms with E-state index in [-0.39, 0.29) is 5.37 Å². The van der Waals surface area contributed by atoms with Gasteiger partial charge in [0.2, 0.25) is 5.16 Å². The summed E-state index contributed by atoms with van der Waals surface area (Å²) in [6.07, 6.45) is 3.71. The van der Waals surface area contributed by atoms with Crippen molar-refractivity contribution in [3.63, 3.8) is 0 Å². The van der Waals surface area contributed by atoms with Crippen molar-refractivity contribution in [3.8, 4) is 0 Å². The topological polar surface area (TPSA) is 46.8 Å². The molecule has 2 aromatic rings. The average molecular weight is 275 g/mol. The molecule has 2 aliphatic heterocycles. The fraction of sp³-hybridized carbons (Fsp3) is 0.182. The van der Waals surface area contributed by atoms with Crippen LogP contribution in [0.1, 0.15) is 16.8 Å². The Kier molecular flexibility index (Phi) is 2.18. The van der Waals surface area contributed by atoms with Crippen LogP contribution in [0.2, 0.25) is 0 Å². The predicted molar refractivity (Wildman–Crippen MR) is 71.5 cm³/mol. The summed E-state index contributed by atoms with van der Waals surface area (Å²) in [5, 5.41) is 15.1. The summed E-state index contributed by atoms with van der Waals surface area (Å²) in [4.78, 5) is 4.20. The Morgan fingerprint density at radius 1 is 1.33 bits per heavy atom. The van der Waals surface area contributed by atoms with Gasteiger partial charge in [-0.15, -0.1) is 10.2 Å². The van der Waals surface area contributed by atoms with Crippen LogP contribution in [0.25, 0.3) is 0 Å². The van der Waals surface area contributed by atoms with Gasteiger partial charge in [-0.25, -0.2) is 4.68 Å². The van der Waals surface area contributed by atoms with Crippen molar-refractivity contribution < 1.29 is 0 Å². The minimum absolute atomic E-state index is 0.220. The first-order chi connectivity index (χ1) is 8.84. The number of aryl methyl sites for hydroxylation is 1. The maximum absolute atomic E-state index is 4.20. The predicted octanol–water partition coefficient (Wildman–Crippen LogP) is 2.27. The van der Waals surface area contributed by atoms with Crippen molar-refractivity contribution >= 4 is 23.5 Å². The Hall–Kier alpha value is -1.47. The number of fused-ring (bicyclic) bond motifs is 3. The highest BCUT2D eigenvalue weighted by Gasteiger charge is 2.38. The monoisotopic (exact) mass is 275 g/mol. The van der Waals surface area contributed by atoms with E-state index in [1.165, 1.54) is 10.6 Å². The molecule has 0 radical (unpaired) electrons. The first-order valence-electron chi connectivity index (χ1n) is 5.49. The second kappa shape index (κ2) is 3.76. The average Bonchev–Trinajstić information content (AvgIpc) is 3.03. The van der Waals surface area contributed by atoms with Gasteiger partial charge in [0.25, 0.3) is 0 Å². The van der Waals surface area contributed by atoms with Crippen LogP contribution in [0.3, 0.4) is 0 Å². The molecule has 0 saturated carbocycles. The van der Waals surface area contributed by atoms with Gasteiger partial charge >= 0.3 is 0 Å². The molecule has 0 saturated heterocycles. The Morgan fingerprint density at radius 2 is 2.28 bits per heavy atom. The van der Waals surface area contributed by atoms with Crippen molar-refractivity contribution in [3.05, 3.63) is 46.4 Å². The van der Waals surface area contributed by atoms with Gasteiger partial charge in [0.05, 0.1) is 0 Å². The second-order valence-corrected chi connectivity index (χ2v) is 5.96. The summed E-state index contributed by atoms with van der Waals surface area (Å²) in [5.41, 5.74) is 1.19. The molecule has 18 heavy (non-hydrogen) atoms. The van der Waals surface area contributed by atoms with E-state index in [9.17, 15) is 0 Å². The summed E-state index contributed by atoms with van der Waals surface area (Å²) in [6.45, 7) is 1.98. The molecule has 4 rings (SSSR count). The van der Waals surface area contributed by atoms with E-state index >= 15 is 0 Å². The van der Waals surface area contributed by atoms with Gasteiger partial charge < -0.3 is 0 Å². The summed E-state index contributed by atoms with van der Waals surface area (Å²) in [6, 6.07) is 4.07. The van der Waals surface area contributed by atoms with Crippen LogP contribution in [0.15, 0.2) is 40.1 Å². The van der Waals surface area contributed by atoms with E-state index in [4.69, 9.17) is 0 Å². The highest BCUT2D eigenvalue weighted by atomic mass is 32.2. The van der Waals surface area contributed by atoms with Gasteiger partial charge in [0.1, 0.15) is 10.4 Å². The fourth-order valence-electron chi connectivity index (χ4n) is 2.11. The van der Waals surface area contributed by atoms with E-state index in [0.717, 1.165) is 11.0 Å². The van der Waals surface area contributed by atoms with Crippen molar-refractivity contribution in [1.82, 2.24) is 19.9 Å². The number of hydrogen-bond acceptors (Lipinski definition) is 6. The molecule has 5 nitrogen and oxygen atoms in total. The van der Waals surface area contributed by atoms with Crippen molar-refractivity contribution in [2.45, 2.75) is 17.5 Å². The molecule has 0 amide bonds.